The van der Waals surface area contributed by atoms with Gasteiger partial charge in [0.15, 0.2) is 5.78 Å². The summed E-state index contributed by atoms with van der Waals surface area (Å²) in [6, 6.07) is 20.1. The second-order valence-corrected chi connectivity index (χ2v) is 6.84. The predicted molar refractivity (Wildman–Crippen MR) is 121 cm³/mol. The Bertz CT molecular complexity index is 1260. The smallest absolute Gasteiger partial charge is 0.255 e. The zero-order valence-corrected chi connectivity index (χ0v) is 16.9. The van der Waals surface area contributed by atoms with Gasteiger partial charge in [-0.2, -0.15) is 0 Å². The number of ketones is 1. The minimum absolute atomic E-state index is 0.118. The van der Waals surface area contributed by atoms with Crippen molar-refractivity contribution in [1.82, 2.24) is 9.97 Å². The topological polar surface area (TPSA) is 101 Å². The van der Waals surface area contributed by atoms with Crippen LogP contribution in [0.3, 0.4) is 0 Å². The summed E-state index contributed by atoms with van der Waals surface area (Å²) in [7, 11) is 0. The monoisotopic (exact) mass is 422 g/mol. The lowest BCUT2D eigenvalue weighted by molar-refractivity contribution is 0.101. The average molecular weight is 422 g/mol. The van der Waals surface area contributed by atoms with Crippen LogP contribution in [0.2, 0.25) is 0 Å². The largest absolute Gasteiger partial charge is 0.320 e. The Morgan fingerprint density at radius 1 is 0.531 bits per heavy atom. The maximum atomic E-state index is 12.7. The number of anilines is 2. The van der Waals surface area contributed by atoms with Crippen LogP contribution in [0.4, 0.5) is 11.4 Å². The highest BCUT2D eigenvalue weighted by molar-refractivity contribution is 6.11. The van der Waals surface area contributed by atoms with Crippen molar-refractivity contribution in [1.29, 1.82) is 0 Å². The van der Waals surface area contributed by atoms with Gasteiger partial charge in [0.2, 0.25) is 0 Å². The average Bonchev–Trinajstić information content (AvgIpc) is 2.86. The van der Waals surface area contributed by atoms with Crippen LogP contribution >= 0.6 is 0 Å². The highest BCUT2D eigenvalue weighted by Gasteiger charge is 2.14. The van der Waals surface area contributed by atoms with E-state index < -0.39 is 0 Å². The van der Waals surface area contributed by atoms with E-state index in [9.17, 15) is 14.4 Å². The Morgan fingerprint density at radius 2 is 1.06 bits per heavy atom. The first-order valence-corrected chi connectivity index (χ1v) is 9.78. The Labute approximate surface area is 184 Å². The van der Waals surface area contributed by atoms with Gasteiger partial charge in [0, 0.05) is 40.8 Å². The number of nitrogens with one attached hydrogen (secondary N) is 2. The van der Waals surface area contributed by atoms with Gasteiger partial charge >= 0.3 is 0 Å². The van der Waals surface area contributed by atoms with Gasteiger partial charge in [0.05, 0.1) is 17.6 Å². The van der Waals surface area contributed by atoms with Gasteiger partial charge < -0.3 is 10.6 Å². The Hall–Kier alpha value is -4.65. The molecule has 0 aliphatic carbocycles. The van der Waals surface area contributed by atoms with Crippen LogP contribution in [0.5, 0.6) is 0 Å². The summed E-state index contributed by atoms with van der Waals surface area (Å²) in [4.78, 5) is 45.6. The van der Waals surface area contributed by atoms with Crippen LogP contribution in [0.1, 0.15) is 36.6 Å². The summed E-state index contributed by atoms with van der Waals surface area (Å²) in [6.45, 7) is 0. The predicted octanol–water partition coefficient (Wildman–Crippen LogP) is 4.21. The molecule has 7 heteroatoms. The van der Waals surface area contributed by atoms with E-state index in [-0.39, 0.29) is 17.6 Å². The first kappa shape index (κ1) is 20.6. The lowest BCUT2D eigenvalue weighted by Crippen LogP contribution is -2.17. The molecular formula is C25H18N4O3. The molecule has 0 aliphatic rings. The summed E-state index contributed by atoms with van der Waals surface area (Å²) in [5, 5.41) is 5.51. The number of hydrogen-bond donors (Lipinski definition) is 2. The number of hydrogen-bond acceptors (Lipinski definition) is 5. The lowest BCUT2D eigenvalue weighted by Gasteiger charge is -2.12. The van der Waals surface area contributed by atoms with Crippen molar-refractivity contribution in [3.8, 4) is 0 Å². The van der Waals surface area contributed by atoms with Crippen molar-refractivity contribution >= 4 is 29.0 Å². The van der Waals surface area contributed by atoms with Gasteiger partial charge in [-0.15, -0.1) is 0 Å². The Kier molecular flexibility index (Phi) is 6.08. The second-order valence-electron chi connectivity index (χ2n) is 6.84. The first-order valence-electron chi connectivity index (χ1n) is 9.78. The quantitative estimate of drug-likeness (QED) is 0.453. The molecule has 2 aromatic heterocycles. The van der Waals surface area contributed by atoms with Crippen LogP contribution in [-0.2, 0) is 0 Å². The molecule has 2 heterocycles. The molecule has 0 atom stereocenters. The van der Waals surface area contributed by atoms with Gasteiger partial charge in [-0.3, -0.25) is 24.4 Å². The number of carbonyl (C=O) groups is 3. The van der Waals surface area contributed by atoms with Gasteiger partial charge in [0.25, 0.3) is 11.8 Å². The maximum Gasteiger partial charge on any atom is 0.255 e. The molecule has 4 rings (SSSR count). The van der Waals surface area contributed by atoms with Gasteiger partial charge in [0.1, 0.15) is 0 Å². The molecule has 0 radical (unpaired) electrons. The molecule has 2 amide bonds. The minimum Gasteiger partial charge on any atom is -0.320 e. The van der Waals surface area contributed by atoms with Crippen LogP contribution in [0.25, 0.3) is 0 Å². The van der Waals surface area contributed by atoms with E-state index in [4.69, 9.17) is 0 Å². The van der Waals surface area contributed by atoms with E-state index >= 15 is 0 Å². The molecule has 7 nitrogen and oxygen atoms in total. The third kappa shape index (κ3) is 4.73. The maximum absolute atomic E-state index is 12.7. The number of carbonyl (C=O) groups excluding carboxylic acids is 3. The number of amides is 2. The van der Waals surface area contributed by atoms with E-state index in [1.165, 1.54) is 24.8 Å². The molecule has 0 saturated carbocycles. The molecule has 0 spiro atoms. The van der Waals surface area contributed by atoms with Crippen LogP contribution in [0, 0.1) is 0 Å². The van der Waals surface area contributed by atoms with Crippen LogP contribution in [-0.4, -0.2) is 27.6 Å². The highest BCUT2D eigenvalue weighted by atomic mass is 16.2. The summed E-state index contributed by atoms with van der Waals surface area (Å²) < 4.78 is 0. The van der Waals surface area contributed by atoms with Crippen molar-refractivity contribution in [3.05, 3.63) is 120 Å². The van der Waals surface area contributed by atoms with E-state index in [2.05, 4.69) is 20.6 Å². The van der Waals surface area contributed by atoms with E-state index in [0.29, 0.717) is 33.6 Å². The summed E-state index contributed by atoms with van der Waals surface area (Å²) in [6.07, 6.45) is 6.01. The fourth-order valence-corrected chi connectivity index (χ4v) is 3.02. The van der Waals surface area contributed by atoms with Crippen molar-refractivity contribution in [3.63, 3.8) is 0 Å². The summed E-state index contributed by atoms with van der Waals surface area (Å²) in [5.74, 6) is -0.846. The minimum atomic E-state index is -0.380. The highest BCUT2D eigenvalue weighted by Crippen LogP contribution is 2.21. The summed E-state index contributed by atoms with van der Waals surface area (Å²) >= 11 is 0. The molecule has 0 unspecified atom stereocenters. The van der Waals surface area contributed by atoms with E-state index in [0.717, 1.165) is 0 Å². The van der Waals surface area contributed by atoms with E-state index in [1.807, 2.05) is 6.07 Å². The third-order valence-electron chi connectivity index (χ3n) is 4.71. The fourth-order valence-electron chi connectivity index (χ4n) is 3.02. The molecule has 32 heavy (non-hydrogen) atoms. The molecule has 156 valence electrons. The third-order valence-corrected chi connectivity index (χ3v) is 4.71. The van der Waals surface area contributed by atoms with Gasteiger partial charge in [-0.05, 0) is 30.3 Å². The number of aromatic nitrogens is 2. The standard InChI is InChI=1S/C25H18N4O3/c30-23(17-4-2-1-3-5-17)18-6-8-19(9-7-18)24(31)28-21-12-15-27-16-22(21)29-25(32)20-10-13-26-14-11-20/h1-16H,(H,29,32)(H,27,28,31). The number of nitrogens with zero attached hydrogens (tertiary/aromatic N) is 2. The Morgan fingerprint density at radius 3 is 1.75 bits per heavy atom. The molecule has 0 saturated heterocycles. The second kappa shape index (κ2) is 9.44. The number of rotatable bonds is 6. The zero-order valence-electron chi connectivity index (χ0n) is 16.9. The number of pyridine rings is 2. The van der Waals surface area contributed by atoms with Crippen LogP contribution < -0.4 is 10.6 Å². The molecule has 2 N–H and O–H groups in total. The lowest BCUT2D eigenvalue weighted by atomic mass is 10.0. The molecule has 0 aliphatic heterocycles. The SMILES string of the molecule is O=C(Nc1ccncc1NC(=O)c1ccncc1)c1ccc(C(=O)c2ccccc2)cc1. The molecule has 4 aromatic rings. The van der Waals surface area contributed by atoms with E-state index in [1.54, 1.807) is 66.7 Å². The summed E-state index contributed by atoms with van der Waals surface area (Å²) in [5.41, 5.74) is 2.63. The van der Waals surface area contributed by atoms with Gasteiger partial charge in [-0.1, -0.05) is 42.5 Å². The molecule has 0 fully saturated rings. The molecule has 2 aromatic carbocycles. The van der Waals surface area contributed by atoms with Crippen molar-refractivity contribution in [2.75, 3.05) is 10.6 Å². The normalized spacial score (nSPS) is 10.2. The zero-order chi connectivity index (χ0) is 22.3. The van der Waals surface area contributed by atoms with Gasteiger partial charge in [-0.25, -0.2) is 0 Å². The van der Waals surface area contributed by atoms with Crippen molar-refractivity contribution in [2.24, 2.45) is 0 Å². The van der Waals surface area contributed by atoms with Crippen LogP contribution in [0.15, 0.2) is 97.6 Å². The fraction of sp³-hybridized carbons (Fsp3) is 0. The van der Waals surface area contributed by atoms with Crippen molar-refractivity contribution < 1.29 is 14.4 Å². The number of benzene rings is 2. The first-order chi connectivity index (χ1) is 15.6. The molecular weight excluding hydrogens is 404 g/mol. The van der Waals surface area contributed by atoms with Crippen molar-refractivity contribution in [2.45, 2.75) is 0 Å². The Balaban J connectivity index is 1.47. The molecule has 0 bridgehead atoms.